The van der Waals surface area contributed by atoms with Crippen molar-refractivity contribution in [3.8, 4) is 0 Å². The van der Waals surface area contributed by atoms with E-state index in [-0.39, 0.29) is 6.10 Å². The first-order chi connectivity index (χ1) is 12.8. The van der Waals surface area contributed by atoms with Gasteiger partial charge in [-0.1, -0.05) is 0 Å². The van der Waals surface area contributed by atoms with Crippen LogP contribution in [0.2, 0.25) is 0 Å². The van der Waals surface area contributed by atoms with Gasteiger partial charge in [0.15, 0.2) is 6.29 Å². The van der Waals surface area contributed by atoms with Gasteiger partial charge in [0.2, 0.25) is 0 Å². The number of nitrogens with zero attached hydrogens (tertiary/aromatic N) is 1. The molecular weight excluding hydrogens is 359 g/mol. The van der Waals surface area contributed by atoms with Crippen LogP contribution in [0.25, 0.3) is 0 Å². The molecule has 1 fully saturated rings. The predicted octanol–water partition coefficient (Wildman–Crippen LogP) is 3.82. The van der Waals surface area contributed by atoms with Crippen LogP contribution in [-0.2, 0) is 6.18 Å². The fourth-order valence-electron chi connectivity index (χ4n) is 2.59. The predicted molar refractivity (Wildman–Crippen MR) is 97.8 cm³/mol. The molecule has 0 saturated heterocycles. The molecule has 1 aliphatic rings. The number of aromatic nitrogens is 1. The highest BCUT2D eigenvalue weighted by molar-refractivity contribution is 5.82. The Balaban J connectivity index is 0.000000199. The van der Waals surface area contributed by atoms with Gasteiger partial charge < -0.3 is 15.7 Å². The number of benzene rings is 1. The van der Waals surface area contributed by atoms with Crippen molar-refractivity contribution in [3.63, 3.8) is 0 Å². The fraction of sp³-hybridized carbons (Fsp3) is 0.368. The van der Waals surface area contributed by atoms with E-state index in [1.807, 2.05) is 0 Å². The Morgan fingerprint density at radius 3 is 2.41 bits per heavy atom. The van der Waals surface area contributed by atoms with Crippen molar-refractivity contribution in [3.05, 3.63) is 53.7 Å². The maximum absolute atomic E-state index is 12.0. The van der Waals surface area contributed by atoms with E-state index < -0.39 is 11.7 Å². The SMILES string of the molecule is CNc1ccc(C(F)(F)F)cc1.O=Cc1cccnc1NCC1CC(O)C1. The van der Waals surface area contributed by atoms with Crippen LogP contribution in [-0.4, -0.2) is 36.1 Å². The number of carbonyl (C=O) groups is 1. The van der Waals surface area contributed by atoms with Gasteiger partial charge >= 0.3 is 6.18 Å². The Labute approximate surface area is 155 Å². The minimum absolute atomic E-state index is 0.133. The van der Waals surface area contributed by atoms with Gasteiger partial charge in [-0.05, 0) is 55.2 Å². The van der Waals surface area contributed by atoms with Crippen molar-refractivity contribution in [2.24, 2.45) is 5.92 Å². The molecule has 2 aromatic rings. The number of aldehydes is 1. The summed E-state index contributed by atoms with van der Waals surface area (Å²) in [6.07, 6.45) is -0.236. The van der Waals surface area contributed by atoms with E-state index in [0.29, 0.717) is 23.0 Å². The number of aliphatic hydroxyl groups excluding tert-OH is 1. The lowest BCUT2D eigenvalue weighted by Crippen LogP contribution is -2.33. The average molecular weight is 381 g/mol. The summed E-state index contributed by atoms with van der Waals surface area (Å²) in [6.45, 7) is 0.773. The first-order valence-electron chi connectivity index (χ1n) is 8.50. The summed E-state index contributed by atoms with van der Waals surface area (Å²) in [5, 5.41) is 15.0. The molecule has 0 spiro atoms. The van der Waals surface area contributed by atoms with E-state index in [0.717, 1.165) is 37.8 Å². The van der Waals surface area contributed by atoms with Gasteiger partial charge in [-0.15, -0.1) is 0 Å². The van der Waals surface area contributed by atoms with Crippen molar-refractivity contribution in [2.75, 3.05) is 24.2 Å². The largest absolute Gasteiger partial charge is 0.416 e. The highest BCUT2D eigenvalue weighted by Crippen LogP contribution is 2.29. The lowest BCUT2D eigenvalue weighted by Gasteiger charge is -2.31. The molecule has 0 aliphatic heterocycles. The molecule has 5 nitrogen and oxygen atoms in total. The number of rotatable bonds is 5. The Morgan fingerprint density at radius 2 is 1.89 bits per heavy atom. The number of pyridine rings is 1. The van der Waals surface area contributed by atoms with Gasteiger partial charge in [0.25, 0.3) is 0 Å². The van der Waals surface area contributed by atoms with Crippen LogP contribution in [0, 0.1) is 5.92 Å². The summed E-state index contributed by atoms with van der Waals surface area (Å²) >= 11 is 0. The Morgan fingerprint density at radius 1 is 1.22 bits per heavy atom. The van der Waals surface area contributed by atoms with Crippen LogP contribution in [0.1, 0.15) is 28.8 Å². The summed E-state index contributed by atoms with van der Waals surface area (Å²) in [7, 11) is 1.66. The molecule has 0 unspecified atom stereocenters. The molecule has 1 aromatic heterocycles. The van der Waals surface area contributed by atoms with E-state index in [2.05, 4.69) is 15.6 Å². The van der Waals surface area contributed by atoms with E-state index in [9.17, 15) is 18.0 Å². The van der Waals surface area contributed by atoms with Gasteiger partial charge in [-0.2, -0.15) is 13.2 Å². The zero-order valence-electron chi connectivity index (χ0n) is 14.8. The Kier molecular flexibility index (Phi) is 7.18. The molecule has 1 heterocycles. The summed E-state index contributed by atoms with van der Waals surface area (Å²) < 4.78 is 36.0. The third-order valence-corrected chi connectivity index (χ3v) is 4.24. The lowest BCUT2D eigenvalue weighted by atomic mass is 9.82. The Hall–Kier alpha value is -2.61. The summed E-state index contributed by atoms with van der Waals surface area (Å²) in [5.74, 6) is 1.13. The number of hydrogen-bond acceptors (Lipinski definition) is 5. The highest BCUT2D eigenvalue weighted by atomic mass is 19.4. The highest BCUT2D eigenvalue weighted by Gasteiger charge is 2.29. The number of aliphatic hydroxyl groups is 1. The standard InChI is InChI=1S/C11H14N2O2.C8H8F3N/c14-7-9-2-1-3-12-11(9)13-6-8-4-10(15)5-8;1-12-7-4-2-6(3-5-7)8(9,10)11/h1-3,7-8,10,15H,4-6H2,(H,12,13);2-5,12H,1H3. The molecule has 3 rings (SSSR count). The molecule has 0 bridgehead atoms. The number of halogens is 3. The van der Waals surface area contributed by atoms with Crippen LogP contribution in [0.15, 0.2) is 42.6 Å². The van der Waals surface area contributed by atoms with Gasteiger partial charge in [0.1, 0.15) is 5.82 Å². The normalized spacial score (nSPS) is 18.6. The molecule has 8 heteroatoms. The monoisotopic (exact) mass is 381 g/mol. The zero-order valence-corrected chi connectivity index (χ0v) is 14.8. The maximum Gasteiger partial charge on any atom is 0.416 e. The number of alkyl halides is 3. The van der Waals surface area contributed by atoms with Crippen molar-refractivity contribution in [1.29, 1.82) is 0 Å². The van der Waals surface area contributed by atoms with Gasteiger partial charge in [0, 0.05) is 25.5 Å². The van der Waals surface area contributed by atoms with Crippen LogP contribution < -0.4 is 10.6 Å². The second-order valence-electron chi connectivity index (χ2n) is 6.26. The number of anilines is 2. The number of hydrogen-bond donors (Lipinski definition) is 3. The molecule has 146 valence electrons. The van der Waals surface area contributed by atoms with Gasteiger partial charge in [0.05, 0.1) is 17.2 Å². The van der Waals surface area contributed by atoms with Crippen molar-refractivity contribution < 1.29 is 23.1 Å². The van der Waals surface area contributed by atoms with Crippen LogP contribution in [0.3, 0.4) is 0 Å². The third-order valence-electron chi connectivity index (χ3n) is 4.24. The summed E-state index contributed by atoms with van der Waals surface area (Å²) in [6, 6.07) is 8.35. The van der Waals surface area contributed by atoms with Crippen LogP contribution in [0.4, 0.5) is 24.7 Å². The second kappa shape index (κ2) is 9.36. The third kappa shape index (κ3) is 6.25. The topological polar surface area (TPSA) is 74.2 Å². The van der Waals surface area contributed by atoms with Gasteiger partial charge in [-0.25, -0.2) is 4.98 Å². The molecule has 1 saturated carbocycles. The molecule has 27 heavy (non-hydrogen) atoms. The lowest BCUT2D eigenvalue weighted by molar-refractivity contribution is -0.137. The van der Waals surface area contributed by atoms with E-state index in [1.165, 1.54) is 12.1 Å². The van der Waals surface area contributed by atoms with Crippen molar-refractivity contribution in [1.82, 2.24) is 4.98 Å². The van der Waals surface area contributed by atoms with E-state index in [1.54, 1.807) is 25.4 Å². The van der Waals surface area contributed by atoms with Gasteiger partial charge in [-0.3, -0.25) is 4.79 Å². The minimum atomic E-state index is -4.24. The number of carbonyl (C=O) groups excluding carboxylic acids is 1. The maximum atomic E-state index is 12.0. The smallest absolute Gasteiger partial charge is 0.393 e. The summed E-state index contributed by atoms with van der Waals surface area (Å²) in [5.41, 5.74) is 0.627. The fourth-order valence-corrected chi connectivity index (χ4v) is 2.59. The van der Waals surface area contributed by atoms with Crippen LogP contribution >= 0.6 is 0 Å². The van der Waals surface area contributed by atoms with Crippen molar-refractivity contribution in [2.45, 2.75) is 25.1 Å². The number of nitrogens with one attached hydrogen (secondary N) is 2. The molecular formula is C19H22F3N3O2. The first-order valence-corrected chi connectivity index (χ1v) is 8.50. The summed E-state index contributed by atoms with van der Waals surface area (Å²) in [4.78, 5) is 14.8. The molecule has 0 radical (unpaired) electrons. The average Bonchev–Trinajstić information content (AvgIpc) is 2.64. The van der Waals surface area contributed by atoms with E-state index >= 15 is 0 Å². The molecule has 0 atom stereocenters. The zero-order chi connectivity index (χ0) is 19.9. The minimum Gasteiger partial charge on any atom is -0.393 e. The van der Waals surface area contributed by atoms with Crippen molar-refractivity contribution >= 4 is 17.8 Å². The van der Waals surface area contributed by atoms with Crippen LogP contribution in [0.5, 0.6) is 0 Å². The first kappa shape index (κ1) is 20.7. The Bertz CT molecular complexity index is 730. The molecule has 3 N–H and O–H groups in total. The molecule has 1 aromatic carbocycles. The molecule has 0 amide bonds. The molecule has 1 aliphatic carbocycles. The van der Waals surface area contributed by atoms with E-state index in [4.69, 9.17) is 5.11 Å². The quantitative estimate of drug-likeness (QED) is 0.687. The second-order valence-corrected chi connectivity index (χ2v) is 6.26.